The predicted octanol–water partition coefficient (Wildman–Crippen LogP) is 9.88. The first-order chi connectivity index (χ1) is 15.2. The third-order valence-corrected chi connectivity index (χ3v) is 11.1. The van der Waals surface area contributed by atoms with E-state index in [2.05, 4.69) is 79.7 Å². The van der Waals surface area contributed by atoms with Gasteiger partial charge in [-0.15, -0.1) is 46.2 Å². The third-order valence-electron chi connectivity index (χ3n) is 6.17. The van der Waals surface area contributed by atoms with E-state index in [0.717, 1.165) is 5.75 Å². The lowest BCUT2D eigenvalue weighted by atomic mass is 10.0. The van der Waals surface area contributed by atoms with Crippen molar-refractivity contribution in [2.45, 2.75) is 27.7 Å². The Labute approximate surface area is 197 Å². The van der Waals surface area contributed by atoms with Crippen LogP contribution in [-0.2, 0) is 5.75 Å². The average Bonchev–Trinajstić information content (AvgIpc) is 3.31. The molecule has 0 N–H and O–H groups in total. The number of fused-ring (bicyclic) bond motifs is 8. The van der Waals surface area contributed by atoms with E-state index in [1.165, 1.54) is 61.3 Å². The summed E-state index contributed by atoms with van der Waals surface area (Å²) >= 11 is 7.87. The van der Waals surface area contributed by atoms with Gasteiger partial charge in [0, 0.05) is 41.0 Å². The van der Waals surface area contributed by atoms with Crippen LogP contribution >= 0.6 is 46.2 Å². The number of hydrogen-bond acceptors (Lipinski definition) is 4. The van der Waals surface area contributed by atoms with Gasteiger partial charge in [0.05, 0.1) is 9.40 Å². The molecule has 150 valence electrons. The summed E-state index contributed by atoms with van der Waals surface area (Å²) in [5.41, 5.74) is 2.93. The minimum Gasteiger partial charge on any atom is -0.134 e. The van der Waals surface area contributed by atoms with Gasteiger partial charge >= 0.3 is 0 Å². The fourth-order valence-electron chi connectivity index (χ4n) is 4.59. The second kappa shape index (κ2) is 7.01. The lowest BCUT2D eigenvalue weighted by Gasteiger charge is -2.22. The van der Waals surface area contributed by atoms with E-state index < -0.39 is 0 Å². The Bertz CT molecular complexity index is 1640. The molecule has 0 saturated carbocycles. The number of rotatable bonds is 0. The maximum Gasteiger partial charge on any atom is 0.0542 e. The van der Waals surface area contributed by atoms with Gasteiger partial charge in [0.25, 0.3) is 0 Å². The van der Waals surface area contributed by atoms with Crippen LogP contribution in [0.3, 0.4) is 0 Å². The fourth-order valence-corrected chi connectivity index (χ4v) is 9.76. The lowest BCUT2D eigenvalue weighted by Crippen LogP contribution is -1.98. The normalized spacial score (nSPS) is 16.5. The molecule has 0 fully saturated rings. The van der Waals surface area contributed by atoms with Gasteiger partial charge in [0.1, 0.15) is 0 Å². The van der Waals surface area contributed by atoms with Crippen LogP contribution in [-0.4, -0.2) is 0 Å². The molecule has 4 heteroatoms. The van der Waals surface area contributed by atoms with Gasteiger partial charge in [-0.25, -0.2) is 0 Å². The Kier molecular flexibility index (Phi) is 4.20. The van der Waals surface area contributed by atoms with E-state index in [-0.39, 0.29) is 0 Å². The first kappa shape index (κ1) is 18.6. The Morgan fingerprint density at radius 3 is 2.45 bits per heavy atom. The van der Waals surface area contributed by atoms with Crippen LogP contribution in [0.5, 0.6) is 0 Å². The monoisotopic (exact) mass is 470 g/mol. The van der Waals surface area contributed by atoms with Crippen molar-refractivity contribution >= 4 is 86.5 Å². The van der Waals surface area contributed by atoms with E-state index in [1.54, 1.807) is 0 Å². The van der Waals surface area contributed by atoms with E-state index in [1.807, 2.05) is 46.2 Å². The fraction of sp³-hybridized carbons (Fsp3) is 0.111. The van der Waals surface area contributed by atoms with Gasteiger partial charge in [0.15, 0.2) is 0 Å². The smallest absolute Gasteiger partial charge is 0.0542 e. The van der Waals surface area contributed by atoms with Crippen LogP contribution in [0.2, 0.25) is 0 Å². The van der Waals surface area contributed by atoms with Crippen molar-refractivity contribution in [3.8, 4) is 0 Å². The van der Waals surface area contributed by atoms with Gasteiger partial charge in [-0.2, -0.15) is 0 Å². The zero-order chi connectivity index (χ0) is 20.5. The van der Waals surface area contributed by atoms with Crippen molar-refractivity contribution in [1.82, 2.24) is 0 Å². The maximum atomic E-state index is 2.45. The molecule has 6 aromatic rings. The van der Waals surface area contributed by atoms with Crippen LogP contribution in [0.1, 0.15) is 23.3 Å². The van der Waals surface area contributed by atoms with Crippen molar-refractivity contribution in [3.63, 3.8) is 0 Å². The lowest BCUT2D eigenvalue weighted by molar-refractivity contribution is 1.04. The summed E-state index contributed by atoms with van der Waals surface area (Å²) in [5.74, 6) is 1.04. The molecule has 0 radical (unpaired) electrons. The summed E-state index contributed by atoms with van der Waals surface area (Å²) in [6.07, 6.45) is 0. The minimum atomic E-state index is 0.444. The molecule has 1 aliphatic heterocycles. The summed E-state index contributed by atoms with van der Waals surface area (Å²) in [6.45, 7) is 2.35. The molecule has 1 atom stereocenters. The number of thiophene rings is 2. The Hall–Kier alpha value is -1.98. The van der Waals surface area contributed by atoms with E-state index >= 15 is 0 Å². The van der Waals surface area contributed by atoms with Crippen molar-refractivity contribution in [3.05, 3.63) is 83.9 Å². The predicted molar refractivity (Wildman–Crippen MR) is 142 cm³/mol. The van der Waals surface area contributed by atoms with Crippen LogP contribution in [0.25, 0.3) is 40.3 Å². The van der Waals surface area contributed by atoms with Gasteiger partial charge < -0.3 is 0 Å². The topological polar surface area (TPSA) is 0 Å². The molecule has 0 saturated heterocycles. The summed E-state index contributed by atoms with van der Waals surface area (Å²) in [5, 5.41) is 5.99. The molecule has 2 aromatic heterocycles. The molecule has 3 heterocycles. The van der Waals surface area contributed by atoms with Crippen molar-refractivity contribution < 1.29 is 0 Å². The van der Waals surface area contributed by atoms with Crippen LogP contribution < -0.4 is 0 Å². The zero-order valence-electron chi connectivity index (χ0n) is 16.8. The molecule has 1 aliphatic rings. The van der Waals surface area contributed by atoms with Crippen LogP contribution in [0.15, 0.2) is 82.6 Å². The standard InChI is InChI=1S/C27H18S4/c1-15-20-10-17-13-25-21(27-26(31-25)19-7-3-5-9-23(19)30-27)11-18(17)12-24(20)28-14-16-6-2-4-8-22(16)29-15/h2-13,15H,14H2,1H3. The molecule has 1 unspecified atom stereocenters. The minimum absolute atomic E-state index is 0.444. The average molecular weight is 471 g/mol. The van der Waals surface area contributed by atoms with Crippen molar-refractivity contribution in [2.24, 2.45) is 0 Å². The largest absolute Gasteiger partial charge is 0.134 e. The van der Waals surface area contributed by atoms with Gasteiger partial charge in [-0.3, -0.25) is 0 Å². The van der Waals surface area contributed by atoms with Gasteiger partial charge in [-0.05, 0) is 65.2 Å². The Morgan fingerprint density at radius 2 is 1.48 bits per heavy atom. The van der Waals surface area contributed by atoms with Gasteiger partial charge in [-0.1, -0.05) is 36.4 Å². The third kappa shape index (κ3) is 2.89. The molecule has 0 bridgehead atoms. The second-order valence-corrected chi connectivity index (χ2v) is 12.6. The number of hydrogen-bond donors (Lipinski definition) is 0. The molecule has 4 aromatic carbocycles. The van der Waals surface area contributed by atoms with E-state index in [0.29, 0.717) is 5.25 Å². The van der Waals surface area contributed by atoms with E-state index in [9.17, 15) is 0 Å². The highest BCUT2D eigenvalue weighted by molar-refractivity contribution is 8.00. The zero-order valence-corrected chi connectivity index (χ0v) is 20.1. The molecular weight excluding hydrogens is 453 g/mol. The highest BCUT2D eigenvalue weighted by atomic mass is 32.2. The summed E-state index contributed by atoms with van der Waals surface area (Å²) in [7, 11) is 0. The molecule has 0 amide bonds. The Balaban J connectivity index is 1.44. The Morgan fingerprint density at radius 1 is 0.710 bits per heavy atom. The molecule has 0 spiro atoms. The molecule has 0 aliphatic carbocycles. The quantitative estimate of drug-likeness (QED) is 0.217. The SMILES string of the molecule is CC1Sc2ccccc2CSc2cc3cc4c(cc3cc21)sc1c2ccccc2sc41. The summed E-state index contributed by atoms with van der Waals surface area (Å²) in [6, 6.07) is 27.4. The molecular formula is C27H18S4. The van der Waals surface area contributed by atoms with Crippen molar-refractivity contribution in [2.75, 3.05) is 0 Å². The maximum absolute atomic E-state index is 2.45. The first-order valence-corrected chi connectivity index (χ1v) is 13.9. The summed E-state index contributed by atoms with van der Waals surface area (Å²) in [4.78, 5) is 2.86. The summed E-state index contributed by atoms with van der Waals surface area (Å²) < 4.78 is 5.69. The van der Waals surface area contributed by atoms with Gasteiger partial charge in [0.2, 0.25) is 0 Å². The number of benzene rings is 4. The highest BCUT2D eigenvalue weighted by Crippen LogP contribution is 2.48. The van der Waals surface area contributed by atoms with Crippen molar-refractivity contribution in [1.29, 1.82) is 0 Å². The second-order valence-electron chi connectivity index (χ2n) is 8.10. The number of thioether (sulfide) groups is 2. The molecule has 0 nitrogen and oxygen atoms in total. The highest BCUT2D eigenvalue weighted by Gasteiger charge is 2.20. The van der Waals surface area contributed by atoms with Crippen LogP contribution in [0, 0.1) is 0 Å². The van der Waals surface area contributed by atoms with Crippen LogP contribution in [0.4, 0.5) is 0 Å². The van der Waals surface area contributed by atoms with E-state index in [4.69, 9.17) is 0 Å². The molecule has 7 rings (SSSR count). The first-order valence-electron chi connectivity index (χ1n) is 10.4. The molecule has 31 heavy (non-hydrogen) atoms.